The van der Waals surface area contributed by atoms with Crippen LogP contribution in [-0.4, -0.2) is 12.4 Å². The number of hydrogen-bond acceptors (Lipinski definition) is 2. The average Bonchev–Trinajstić information content (AvgIpc) is 2.13. The molecule has 0 aliphatic heterocycles. The van der Waals surface area contributed by atoms with Gasteiger partial charge in [0.2, 0.25) is 5.24 Å². The predicted octanol–water partition coefficient (Wildman–Crippen LogP) is 4.00. The Labute approximate surface area is 110 Å². The van der Waals surface area contributed by atoms with E-state index in [-0.39, 0.29) is 0 Å². The van der Waals surface area contributed by atoms with Gasteiger partial charge in [-0.05, 0) is 51.8 Å². The quantitative estimate of drug-likeness (QED) is 0.606. The number of rotatable bonds is 3. The first kappa shape index (κ1) is 12.7. The van der Waals surface area contributed by atoms with Crippen LogP contribution >= 0.6 is 43.5 Å². The third kappa shape index (κ3) is 3.63. The second kappa shape index (κ2) is 5.68. The van der Waals surface area contributed by atoms with Gasteiger partial charge in [-0.25, -0.2) is 0 Å². The minimum absolute atomic E-state index is 0.520. The summed E-state index contributed by atoms with van der Waals surface area (Å²) in [7, 11) is 1.56. The van der Waals surface area contributed by atoms with Crippen molar-refractivity contribution < 1.29 is 9.53 Å². The Morgan fingerprint density at radius 3 is 2.67 bits per heavy atom. The Hall–Kier alpha value is -0.320. The average molecular weight is 354 g/mol. The maximum absolute atomic E-state index is 10.6. The van der Waals surface area contributed by atoms with Gasteiger partial charge in [-0.15, -0.1) is 0 Å². The number of carbonyl (C=O) groups is 1. The highest BCUT2D eigenvalue weighted by Crippen LogP contribution is 2.33. The van der Waals surface area contributed by atoms with E-state index in [0.717, 1.165) is 14.5 Å². The predicted molar refractivity (Wildman–Crippen MR) is 68.3 cm³/mol. The molecule has 2 nitrogen and oxygen atoms in total. The molecule has 0 heterocycles. The highest BCUT2D eigenvalue weighted by Gasteiger charge is 2.06. The van der Waals surface area contributed by atoms with E-state index in [1.165, 1.54) is 6.08 Å². The van der Waals surface area contributed by atoms with Crippen LogP contribution in [0.15, 0.2) is 27.2 Å². The summed E-state index contributed by atoms with van der Waals surface area (Å²) in [5.41, 5.74) is 0.771. The monoisotopic (exact) mass is 352 g/mol. The molecule has 80 valence electrons. The first-order valence-electron chi connectivity index (χ1n) is 3.95. The van der Waals surface area contributed by atoms with Gasteiger partial charge < -0.3 is 4.74 Å². The molecule has 0 saturated heterocycles. The highest BCUT2D eigenvalue weighted by molar-refractivity contribution is 9.11. The number of carbonyl (C=O) groups excluding carboxylic acids is 1. The summed E-state index contributed by atoms with van der Waals surface area (Å²) >= 11 is 11.9. The number of halogens is 3. The zero-order chi connectivity index (χ0) is 11.4. The smallest absolute Gasteiger partial charge is 0.245 e. The highest BCUT2D eigenvalue weighted by atomic mass is 79.9. The molecule has 0 unspecified atom stereocenters. The molecule has 0 amide bonds. The van der Waals surface area contributed by atoms with Crippen LogP contribution in [0.4, 0.5) is 0 Å². The van der Waals surface area contributed by atoms with Crippen LogP contribution in [0.1, 0.15) is 5.56 Å². The van der Waals surface area contributed by atoms with Crippen molar-refractivity contribution in [2.24, 2.45) is 0 Å². The maximum atomic E-state index is 10.6. The second-order valence-corrected chi connectivity index (χ2v) is 4.79. The van der Waals surface area contributed by atoms with E-state index in [9.17, 15) is 4.79 Å². The lowest BCUT2D eigenvalue weighted by Crippen LogP contribution is -1.89. The van der Waals surface area contributed by atoms with Crippen LogP contribution in [0.25, 0.3) is 6.08 Å². The summed E-state index contributed by atoms with van der Waals surface area (Å²) in [6.45, 7) is 0. The van der Waals surface area contributed by atoms with Gasteiger partial charge in [0.1, 0.15) is 5.75 Å². The van der Waals surface area contributed by atoms with Crippen LogP contribution in [0.3, 0.4) is 0 Å². The molecule has 0 saturated carbocycles. The van der Waals surface area contributed by atoms with Crippen molar-refractivity contribution >= 4 is 54.8 Å². The molecular formula is C10H7Br2ClO2. The molecule has 15 heavy (non-hydrogen) atoms. The molecule has 0 fully saturated rings. The van der Waals surface area contributed by atoms with E-state index in [1.807, 2.05) is 12.1 Å². The first-order chi connectivity index (χ1) is 7.04. The van der Waals surface area contributed by atoms with Crippen LogP contribution < -0.4 is 4.74 Å². The van der Waals surface area contributed by atoms with Gasteiger partial charge >= 0.3 is 0 Å². The summed E-state index contributed by atoms with van der Waals surface area (Å²) in [4.78, 5) is 10.6. The van der Waals surface area contributed by atoms with Gasteiger partial charge in [0, 0.05) is 10.0 Å². The van der Waals surface area contributed by atoms with E-state index in [0.29, 0.717) is 5.75 Å². The number of allylic oxidation sites excluding steroid dienone is 1. The molecular weight excluding hydrogens is 347 g/mol. The molecule has 0 N–H and O–H groups in total. The van der Waals surface area contributed by atoms with Crippen LogP contribution in [0, 0.1) is 0 Å². The summed E-state index contributed by atoms with van der Waals surface area (Å²) < 4.78 is 6.88. The molecule has 5 heteroatoms. The largest absolute Gasteiger partial charge is 0.495 e. The van der Waals surface area contributed by atoms with E-state index in [4.69, 9.17) is 16.3 Å². The van der Waals surface area contributed by atoms with Crippen molar-refractivity contribution in [3.8, 4) is 5.75 Å². The Bertz CT molecular complexity index is 416. The Morgan fingerprint density at radius 2 is 2.13 bits per heavy atom. The minimum atomic E-state index is -0.520. The Morgan fingerprint density at radius 1 is 1.47 bits per heavy atom. The first-order valence-corrected chi connectivity index (χ1v) is 5.91. The molecule has 0 aromatic heterocycles. The number of benzene rings is 1. The molecule has 0 bridgehead atoms. The van der Waals surface area contributed by atoms with Crippen molar-refractivity contribution in [3.05, 3.63) is 32.7 Å². The molecule has 0 atom stereocenters. The molecule has 1 aromatic rings. The Balaban J connectivity index is 3.20. The van der Waals surface area contributed by atoms with Gasteiger partial charge in [0.25, 0.3) is 0 Å². The fraction of sp³-hybridized carbons (Fsp3) is 0.100. The third-order valence-electron chi connectivity index (χ3n) is 1.64. The minimum Gasteiger partial charge on any atom is -0.495 e. The van der Waals surface area contributed by atoms with Crippen molar-refractivity contribution in [2.75, 3.05) is 7.11 Å². The van der Waals surface area contributed by atoms with E-state index in [2.05, 4.69) is 31.9 Å². The van der Waals surface area contributed by atoms with Crippen molar-refractivity contribution in [1.82, 2.24) is 0 Å². The molecule has 0 aliphatic carbocycles. The van der Waals surface area contributed by atoms with Crippen LogP contribution in [0.2, 0.25) is 0 Å². The summed E-state index contributed by atoms with van der Waals surface area (Å²) in [5.74, 6) is 0.660. The van der Waals surface area contributed by atoms with Gasteiger partial charge in [-0.3, -0.25) is 4.79 Å². The lowest BCUT2D eigenvalue weighted by Gasteiger charge is -2.07. The lowest BCUT2D eigenvalue weighted by molar-refractivity contribution is -0.107. The molecule has 0 radical (unpaired) electrons. The third-order valence-corrected chi connectivity index (χ3v) is 2.81. The zero-order valence-electron chi connectivity index (χ0n) is 7.76. The molecule has 0 aliphatic rings. The Kier molecular flexibility index (Phi) is 4.83. The standard InChI is InChI=1S/C10H7Br2ClO2/c1-15-10-6(2-3-9(13)14)4-7(11)5-8(10)12/h2-5H,1H3/b3-2+. The lowest BCUT2D eigenvalue weighted by atomic mass is 10.2. The molecule has 1 rings (SSSR count). The zero-order valence-corrected chi connectivity index (χ0v) is 11.7. The van der Waals surface area contributed by atoms with Gasteiger partial charge in [-0.1, -0.05) is 15.9 Å². The topological polar surface area (TPSA) is 26.3 Å². The number of methoxy groups -OCH3 is 1. The normalized spacial score (nSPS) is 10.7. The second-order valence-electron chi connectivity index (χ2n) is 2.65. The van der Waals surface area contributed by atoms with Crippen LogP contribution in [0.5, 0.6) is 5.75 Å². The van der Waals surface area contributed by atoms with Crippen molar-refractivity contribution in [2.45, 2.75) is 0 Å². The fourth-order valence-corrected chi connectivity index (χ4v) is 2.56. The molecule has 1 aromatic carbocycles. The van der Waals surface area contributed by atoms with Gasteiger partial charge in [-0.2, -0.15) is 0 Å². The van der Waals surface area contributed by atoms with E-state index in [1.54, 1.807) is 13.2 Å². The number of hydrogen-bond donors (Lipinski definition) is 0. The van der Waals surface area contributed by atoms with Gasteiger partial charge in [0.05, 0.1) is 11.6 Å². The fourth-order valence-electron chi connectivity index (χ4n) is 1.07. The molecule has 0 spiro atoms. The van der Waals surface area contributed by atoms with Crippen molar-refractivity contribution in [1.29, 1.82) is 0 Å². The van der Waals surface area contributed by atoms with Gasteiger partial charge in [0.15, 0.2) is 0 Å². The summed E-state index contributed by atoms with van der Waals surface area (Å²) in [6, 6.07) is 3.69. The van der Waals surface area contributed by atoms with Crippen molar-refractivity contribution in [3.63, 3.8) is 0 Å². The van der Waals surface area contributed by atoms with E-state index < -0.39 is 5.24 Å². The SMILES string of the molecule is COc1c(Br)cc(Br)cc1/C=C/C(=O)Cl. The summed E-state index contributed by atoms with van der Waals surface area (Å²) in [6.07, 6.45) is 2.88. The van der Waals surface area contributed by atoms with Crippen LogP contribution in [-0.2, 0) is 4.79 Å². The van der Waals surface area contributed by atoms with E-state index >= 15 is 0 Å². The number of ether oxygens (including phenoxy) is 1. The summed E-state index contributed by atoms with van der Waals surface area (Å²) in [5, 5.41) is -0.520. The maximum Gasteiger partial charge on any atom is 0.245 e.